The average Bonchev–Trinajstić information content (AvgIpc) is 3.22. The fourth-order valence-electron chi connectivity index (χ4n) is 8.63. The summed E-state index contributed by atoms with van der Waals surface area (Å²) in [4.78, 5) is 5.70. The van der Waals surface area contributed by atoms with Crippen LogP contribution in [0.15, 0.2) is 36.5 Å². The second-order valence-electron chi connectivity index (χ2n) is 18.3. The lowest BCUT2D eigenvalue weighted by Gasteiger charge is -2.26. The molecule has 3 nitrogen and oxygen atoms in total. The first kappa shape index (κ1) is 54.6. The van der Waals surface area contributed by atoms with Crippen LogP contribution in [0, 0.1) is 5.82 Å². The van der Waals surface area contributed by atoms with Crippen LogP contribution in [-0.4, -0.2) is 55.6 Å². The van der Waals surface area contributed by atoms with E-state index in [9.17, 15) is 4.39 Å². The number of halogens is 1. The molecular formula is C54H102FN3. The first-order valence-electron chi connectivity index (χ1n) is 26.2. The Bertz CT molecular complexity index is 940. The predicted molar refractivity (Wildman–Crippen MR) is 259 cm³/mol. The summed E-state index contributed by atoms with van der Waals surface area (Å²) in [5.41, 5.74) is 2.32. The quantitative estimate of drug-likeness (QED) is 0.0662. The highest BCUT2D eigenvalue weighted by molar-refractivity contribution is 5.16. The smallest absolute Gasteiger partial charge is 0.123 e. The second-order valence-corrected chi connectivity index (χ2v) is 18.3. The van der Waals surface area contributed by atoms with E-state index in [0.717, 1.165) is 25.1 Å². The van der Waals surface area contributed by atoms with E-state index in [1.807, 2.05) is 12.1 Å². The van der Waals surface area contributed by atoms with E-state index in [4.69, 9.17) is 0 Å². The van der Waals surface area contributed by atoms with Gasteiger partial charge in [0.25, 0.3) is 0 Å². The zero-order chi connectivity index (χ0) is 41.8. The third-order valence-electron chi connectivity index (χ3n) is 12.6. The second kappa shape index (κ2) is 43.7. The first-order valence-corrected chi connectivity index (χ1v) is 26.2. The van der Waals surface area contributed by atoms with E-state index in [1.165, 1.54) is 263 Å². The molecule has 340 valence electrons. The van der Waals surface area contributed by atoms with Gasteiger partial charge in [0.05, 0.1) is 0 Å². The lowest BCUT2D eigenvalue weighted by Crippen LogP contribution is -2.32. The molecule has 0 aliphatic rings. The van der Waals surface area contributed by atoms with Crippen molar-refractivity contribution in [2.75, 3.05) is 45.8 Å². The molecule has 0 radical (unpaired) electrons. The zero-order valence-electron chi connectivity index (χ0n) is 39.7. The number of benzene rings is 1. The third kappa shape index (κ3) is 37.6. The Hall–Kier alpha value is -1.39. The molecule has 0 bridgehead atoms. The van der Waals surface area contributed by atoms with Crippen molar-refractivity contribution in [2.45, 2.75) is 252 Å². The Labute approximate surface area is 363 Å². The minimum atomic E-state index is -0.163. The number of hydrogen-bond acceptors (Lipinski definition) is 3. The standard InChI is InChI=1S/C54H102FN3/c1-5-8-11-14-17-20-23-26-29-34-46-57(47-35-30-27-24-21-18-15-12-9-6-2)50-38-51-58(48-36-31-28-25-22-19-16-13-10-7-3)49-37-32-33-39-52(4)56-45-44-53-40-42-54(55)43-41-53/h40-43,56H,4-39,44-51H2,1-3H3. The Morgan fingerprint density at radius 3 is 1.05 bits per heavy atom. The van der Waals surface area contributed by atoms with Gasteiger partial charge in [0.1, 0.15) is 5.82 Å². The summed E-state index contributed by atoms with van der Waals surface area (Å²) in [7, 11) is 0. The van der Waals surface area contributed by atoms with Crippen molar-refractivity contribution in [2.24, 2.45) is 0 Å². The van der Waals surface area contributed by atoms with Gasteiger partial charge in [-0.25, -0.2) is 4.39 Å². The fraction of sp³-hybridized carbons (Fsp3) is 0.852. The zero-order valence-corrected chi connectivity index (χ0v) is 39.7. The van der Waals surface area contributed by atoms with E-state index in [-0.39, 0.29) is 5.82 Å². The van der Waals surface area contributed by atoms with Gasteiger partial charge in [-0.3, -0.25) is 0 Å². The van der Waals surface area contributed by atoms with Gasteiger partial charge in [0, 0.05) is 12.2 Å². The molecule has 0 aromatic heterocycles. The van der Waals surface area contributed by atoms with E-state index >= 15 is 0 Å². The maximum atomic E-state index is 13.2. The third-order valence-corrected chi connectivity index (χ3v) is 12.6. The molecule has 0 amide bonds. The maximum Gasteiger partial charge on any atom is 0.123 e. The molecule has 0 unspecified atom stereocenters. The molecule has 0 aliphatic carbocycles. The van der Waals surface area contributed by atoms with E-state index in [1.54, 1.807) is 12.1 Å². The number of unbranched alkanes of at least 4 members (excludes halogenated alkanes) is 29. The normalized spacial score (nSPS) is 11.7. The van der Waals surface area contributed by atoms with Crippen molar-refractivity contribution < 1.29 is 4.39 Å². The number of rotatable bonds is 47. The van der Waals surface area contributed by atoms with Gasteiger partial charge in [-0.2, -0.15) is 0 Å². The average molecular weight is 812 g/mol. The number of nitrogens with zero attached hydrogens (tertiary/aromatic N) is 2. The summed E-state index contributed by atoms with van der Waals surface area (Å²) in [6.45, 7) is 19.8. The van der Waals surface area contributed by atoms with Crippen LogP contribution in [0.5, 0.6) is 0 Å². The number of allylic oxidation sites excluding steroid dienone is 1. The van der Waals surface area contributed by atoms with Crippen LogP contribution >= 0.6 is 0 Å². The molecular weight excluding hydrogens is 710 g/mol. The van der Waals surface area contributed by atoms with Gasteiger partial charge in [0.2, 0.25) is 0 Å². The Morgan fingerprint density at radius 1 is 0.414 bits per heavy atom. The molecule has 58 heavy (non-hydrogen) atoms. The van der Waals surface area contributed by atoms with Crippen molar-refractivity contribution in [1.29, 1.82) is 0 Å². The summed E-state index contributed by atoms with van der Waals surface area (Å²) in [5.74, 6) is -0.163. The molecule has 0 saturated heterocycles. The van der Waals surface area contributed by atoms with Crippen LogP contribution in [0.25, 0.3) is 0 Å². The minimum absolute atomic E-state index is 0.163. The van der Waals surface area contributed by atoms with Crippen molar-refractivity contribution in [3.8, 4) is 0 Å². The molecule has 1 rings (SSSR count). The summed E-state index contributed by atoms with van der Waals surface area (Å²) in [6, 6.07) is 6.88. The van der Waals surface area contributed by atoms with E-state index in [0.29, 0.717) is 0 Å². The predicted octanol–water partition coefficient (Wildman–Crippen LogP) is 16.8. The van der Waals surface area contributed by atoms with Crippen molar-refractivity contribution >= 4 is 0 Å². The lowest BCUT2D eigenvalue weighted by atomic mass is 10.1. The van der Waals surface area contributed by atoms with Crippen LogP contribution in [0.1, 0.15) is 251 Å². The Morgan fingerprint density at radius 2 is 0.707 bits per heavy atom. The van der Waals surface area contributed by atoms with Gasteiger partial charge >= 0.3 is 0 Å². The number of hydrogen-bond donors (Lipinski definition) is 1. The maximum absolute atomic E-state index is 13.2. The fourth-order valence-corrected chi connectivity index (χ4v) is 8.63. The first-order chi connectivity index (χ1) is 28.6. The van der Waals surface area contributed by atoms with Gasteiger partial charge in [-0.1, -0.05) is 219 Å². The Kier molecular flexibility index (Phi) is 41.2. The summed E-state index contributed by atoms with van der Waals surface area (Å²) >= 11 is 0. The van der Waals surface area contributed by atoms with Crippen LogP contribution in [0.4, 0.5) is 4.39 Å². The van der Waals surface area contributed by atoms with Gasteiger partial charge in [-0.15, -0.1) is 0 Å². The molecule has 0 atom stereocenters. The molecule has 0 fully saturated rings. The minimum Gasteiger partial charge on any atom is -0.388 e. The van der Waals surface area contributed by atoms with Crippen molar-refractivity contribution in [3.05, 3.63) is 47.9 Å². The highest BCUT2D eigenvalue weighted by atomic mass is 19.1. The van der Waals surface area contributed by atoms with Crippen LogP contribution < -0.4 is 5.32 Å². The van der Waals surface area contributed by atoms with Crippen molar-refractivity contribution in [1.82, 2.24) is 15.1 Å². The molecule has 0 heterocycles. The topological polar surface area (TPSA) is 18.5 Å². The van der Waals surface area contributed by atoms with Gasteiger partial charge in [-0.05, 0) is 108 Å². The molecule has 4 heteroatoms. The van der Waals surface area contributed by atoms with Crippen LogP contribution in [0.3, 0.4) is 0 Å². The molecule has 0 spiro atoms. The SMILES string of the molecule is C=C(CCCCCN(CCCCCCCCCCCC)CCCN(CCCCCCCCCCCC)CCCCCCCCCCCC)NCCc1ccc(F)cc1. The molecule has 0 saturated carbocycles. The molecule has 1 N–H and O–H groups in total. The molecule has 0 aliphatic heterocycles. The highest BCUT2D eigenvalue weighted by Crippen LogP contribution is 2.15. The summed E-state index contributed by atoms with van der Waals surface area (Å²) in [5, 5.41) is 3.51. The molecule has 1 aromatic rings. The largest absolute Gasteiger partial charge is 0.388 e. The van der Waals surface area contributed by atoms with Crippen LogP contribution in [-0.2, 0) is 6.42 Å². The van der Waals surface area contributed by atoms with Gasteiger partial charge < -0.3 is 15.1 Å². The summed E-state index contributed by atoms with van der Waals surface area (Å²) < 4.78 is 13.2. The van der Waals surface area contributed by atoms with E-state index < -0.39 is 0 Å². The number of nitrogens with one attached hydrogen (secondary N) is 1. The van der Waals surface area contributed by atoms with Crippen LogP contribution in [0.2, 0.25) is 0 Å². The van der Waals surface area contributed by atoms with Crippen molar-refractivity contribution in [3.63, 3.8) is 0 Å². The Balaban J connectivity index is 2.50. The van der Waals surface area contributed by atoms with E-state index in [2.05, 4.69) is 42.5 Å². The highest BCUT2D eigenvalue weighted by Gasteiger charge is 2.10. The monoisotopic (exact) mass is 812 g/mol. The summed E-state index contributed by atoms with van der Waals surface area (Å²) in [6.07, 6.45) is 49.7. The lowest BCUT2D eigenvalue weighted by molar-refractivity contribution is 0.215. The molecule has 1 aromatic carbocycles. The van der Waals surface area contributed by atoms with Gasteiger partial charge in [0.15, 0.2) is 0 Å².